The minimum atomic E-state index is -1.08. The average Bonchev–Trinajstić information content (AvgIpc) is 2.36. The molecule has 5 heteroatoms. The summed E-state index contributed by atoms with van der Waals surface area (Å²) in [6.45, 7) is 1.64. The zero-order chi connectivity index (χ0) is 14.0. The average molecular weight is 261 g/mol. The van der Waals surface area contributed by atoms with E-state index in [1.165, 1.54) is 24.3 Å². The molecule has 2 aromatic carbocycles. The molecule has 0 atom stereocenters. The lowest BCUT2D eigenvalue weighted by Crippen LogP contribution is -1.99. The highest BCUT2D eigenvalue weighted by Crippen LogP contribution is 2.29. The summed E-state index contributed by atoms with van der Waals surface area (Å²) in [7, 11) is 0. The van der Waals surface area contributed by atoms with Gasteiger partial charge in [-0.05, 0) is 36.8 Å². The Morgan fingerprint density at radius 3 is 2.63 bits per heavy atom. The van der Waals surface area contributed by atoms with Gasteiger partial charge in [-0.15, -0.1) is 0 Å². The lowest BCUT2D eigenvalue weighted by Gasteiger charge is -2.10. The molecule has 0 spiro atoms. The number of halogens is 1. The highest BCUT2D eigenvalue weighted by atomic mass is 19.1. The summed E-state index contributed by atoms with van der Waals surface area (Å²) < 4.78 is 18.8. The summed E-state index contributed by atoms with van der Waals surface area (Å²) in [6, 6.07) is 8.49. The Morgan fingerprint density at radius 1 is 1.26 bits per heavy atom. The summed E-state index contributed by atoms with van der Waals surface area (Å²) in [5.41, 5.74) is 6.53. The Hall–Kier alpha value is -2.56. The predicted octanol–water partition coefficient (Wildman–Crippen LogP) is 3.21. The predicted molar refractivity (Wildman–Crippen MR) is 69.0 cm³/mol. The minimum Gasteiger partial charge on any atom is -0.478 e. The van der Waals surface area contributed by atoms with Gasteiger partial charge in [0.05, 0.1) is 11.3 Å². The van der Waals surface area contributed by atoms with Gasteiger partial charge in [0.2, 0.25) is 0 Å². The van der Waals surface area contributed by atoms with Crippen LogP contribution in [0, 0.1) is 12.7 Å². The first-order valence-electron chi connectivity index (χ1n) is 5.54. The van der Waals surface area contributed by atoms with Gasteiger partial charge in [0.25, 0.3) is 0 Å². The fraction of sp³-hybridized carbons (Fsp3) is 0.0714. The molecule has 0 aromatic heterocycles. The molecule has 0 saturated heterocycles. The maximum absolute atomic E-state index is 13.4. The maximum atomic E-state index is 13.4. The summed E-state index contributed by atoms with van der Waals surface area (Å²) in [6.07, 6.45) is 0. The van der Waals surface area contributed by atoms with E-state index in [9.17, 15) is 9.18 Å². The van der Waals surface area contributed by atoms with Crippen molar-refractivity contribution >= 4 is 11.7 Å². The fourth-order valence-electron chi connectivity index (χ4n) is 1.52. The Balaban J connectivity index is 2.34. The minimum absolute atomic E-state index is 0.0526. The molecule has 0 radical (unpaired) electrons. The van der Waals surface area contributed by atoms with Crippen molar-refractivity contribution < 1.29 is 19.0 Å². The van der Waals surface area contributed by atoms with E-state index in [0.717, 1.165) is 0 Å². The third-order valence-corrected chi connectivity index (χ3v) is 2.63. The van der Waals surface area contributed by atoms with E-state index in [1.54, 1.807) is 19.1 Å². The summed E-state index contributed by atoms with van der Waals surface area (Å²) in [4.78, 5) is 10.9. The molecule has 0 aliphatic carbocycles. The number of nitrogen functional groups attached to an aromatic ring is 1. The van der Waals surface area contributed by atoms with E-state index in [2.05, 4.69) is 0 Å². The molecule has 98 valence electrons. The van der Waals surface area contributed by atoms with Crippen LogP contribution in [-0.2, 0) is 0 Å². The number of anilines is 1. The normalized spacial score (nSPS) is 10.2. The van der Waals surface area contributed by atoms with E-state index in [4.69, 9.17) is 15.6 Å². The van der Waals surface area contributed by atoms with Crippen LogP contribution in [0.2, 0.25) is 0 Å². The third kappa shape index (κ3) is 2.82. The number of ether oxygens (including phenoxy) is 1. The Kier molecular flexibility index (Phi) is 3.37. The quantitative estimate of drug-likeness (QED) is 0.832. The van der Waals surface area contributed by atoms with Crippen molar-refractivity contribution in [1.29, 1.82) is 0 Å². The number of hydrogen-bond acceptors (Lipinski definition) is 3. The molecule has 0 aliphatic rings. The first kappa shape index (κ1) is 12.9. The van der Waals surface area contributed by atoms with Gasteiger partial charge in [-0.25, -0.2) is 9.18 Å². The molecular formula is C14H12FNO3. The van der Waals surface area contributed by atoms with Crippen LogP contribution >= 0.6 is 0 Å². The largest absolute Gasteiger partial charge is 0.478 e. The van der Waals surface area contributed by atoms with Gasteiger partial charge in [-0.1, -0.05) is 6.07 Å². The van der Waals surface area contributed by atoms with Crippen LogP contribution < -0.4 is 10.5 Å². The highest BCUT2D eigenvalue weighted by Gasteiger charge is 2.09. The standard InChI is InChI=1S/C14H12FNO3/c1-8-2-4-10(7-11(8)15)19-13-6-9(14(17)18)3-5-12(13)16/h2-7H,16H2,1H3,(H,17,18). The maximum Gasteiger partial charge on any atom is 0.335 e. The highest BCUT2D eigenvalue weighted by molar-refractivity contribution is 5.89. The molecule has 19 heavy (non-hydrogen) atoms. The Bertz CT molecular complexity index is 641. The molecule has 3 N–H and O–H groups in total. The van der Waals surface area contributed by atoms with E-state index in [0.29, 0.717) is 5.56 Å². The summed E-state index contributed by atoms with van der Waals surface area (Å²) in [5, 5.41) is 8.89. The number of hydrogen-bond donors (Lipinski definition) is 2. The lowest BCUT2D eigenvalue weighted by atomic mass is 10.2. The number of benzene rings is 2. The van der Waals surface area contributed by atoms with Gasteiger partial charge in [0.15, 0.2) is 5.75 Å². The van der Waals surface area contributed by atoms with Gasteiger partial charge in [0, 0.05) is 6.07 Å². The van der Waals surface area contributed by atoms with Crippen molar-refractivity contribution in [3.8, 4) is 11.5 Å². The van der Waals surface area contributed by atoms with Crippen LogP contribution in [-0.4, -0.2) is 11.1 Å². The molecule has 2 aromatic rings. The molecular weight excluding hydrogens is 249 g/mol. The second-order valence-corrected chi connectivity index (χ2v) is 4.07. The molecule has 0 heterocycles. The van der Waals surface area contributed by atoms with Crippen LogP contribution in [0.25, 0.3) is 0 Å². The number of nitrogens with two attached hydrogens (primary N) is 1. The first-order chi connectivity index (χ1) is 8.97. The molecule has 0 fully saturated rings. The van der Waals surface area contributed by atoms with Gasteiger partial charge >= 0.3 is 5.97 Å². The van der Waals surface area contributed by atoms with Crippen molar-refractivity contribution in [3.63, 3.8) is 0 Å². The van der Waals surface area contributed by atoms with Gasteiger partial charge in [-0.2, -0.15) is 0 Å². The van der Waals surface area contributed by atoms with Gasteiger partial charge in [0.1, 0.15) is 11.6 Å². The molecule has 0 bridgehead atoms. The van der Waals surface area contributed by atoms with E-state index in [-0.39, 0.29) is 22.7 Å². The van der Waals surface area contributed by atoms with Crippen molar-refractivity contribution in [2.45, 2.75) is 6.92 Å². The number of aryl methyl sites for hydroxylation is 1. The number of carbonyl (C=O) groups is 1. The second kappa shape index (κ2) is 4.97. The third-order valence-electron chi connectivity index (χ3n) is 2.63. The number of aromatic carboxylic acids is 1. The van der Waals surface area contributed by atoms with Crippen LogP contribution in [0.1, 0.15) is 15.9 Å². The van der Waals surface area contributed by atoms with Crippen LogP contribution in [0.3, 0.4) is 0 Å². The van der Waals surface area contributed by atoms with E-state index >= 15 is 0 Å². The van der Waals surface area contributed by atoms with E-state index in [1.807, 2.05) is 0 Å². The van der Waals surface area contributed by atoms with Crippen molar-refractivity contribution in [3.05, 3.63) is 53.3 Å². The van der Waals surface area contributed by atoms with Crippen molar-refractivity contribution in [2.24, 2.45) is 0 Å². The number of carboxylic acids is 1. The van der Waals surface area contributed by atoms with Gasteiger partial charge in [-0.3, -0.25) is 0 Å². The molecule has 0 saturated carbocycles. The Labute approximate surface area is 109 Å². The van der Waals surface area contributed by atoms with Crippen LogP contribution in [0.4, 0.5) is 10.1 Å². The molecule has 0 amide bonds. The zero-order valence-electron chi connectivity index (χ0n) is 10.2. The smallest absolute Gasteiger partial charge is 0.335 e. The van der Waals surface area contributed by atoms with Crippen LogP contribution in [0.5, 0.6) is 11.5 Å². The zero-order valence-corrected chi connectivity index (χ0v) is 10.2. The van der Waals surface area contributed by atoms with E-state index < -0.39 is 11.8 Å². The molecule has 0 unspecified atom stereocenters. The van der Waals surface area contributed by atoms with Gasteiger partial charge < -0.3 is 15.6 Å². The Morgan fingerprint density at radius 2 is 2.00 bits per heavy atom. The lowest BCUT2D eigenvalue weighted by molar-refractivity contribution is 0.0696. The number of carboxylic acid groups (broad SMARTS) is 1. The SMILES string of the molecule is Cc1ccc(Oc2cc(C(=O)O)ccc2N)cc1F. The van der Waals surface area contributed by atoms with Crippen molar-refractivity contribution in [1.82, 2.24) is 0 Å². The van der Waals surface area contributed by atoms with Crippen molar-refractivity contribution in [2.75, 3.05) is 5.73 Å². The summed E-state index contributed by atoms with van der Waals surface area (Å²) >= 11 is 0. The molecule has 4 nitrogen and oxygen atoms in total. The summed E-state index contributed by atoms with van der Waals surface area (Å²) in [5.74, 6) is -1.04. The monoisotopic (exact) mass is 261 g/mol. The number of rotatable bonds is 3. The molecule has 2 rings (SSSR count). The topological polar surface area (TPSA) is 72.5 Å². The molecule has 0 aliphatic heterocycles. The first-order valence-corrected chi connectivity index (χ1v) is 5.54. The second-order valence-electron chi connectivity index (χ2n) is 4.07. The fourth-order valence-corrected chi connectivity index (χ4v) is 1.52. The van der Waals surface area contributed by atoms with Crippen LogP contribution in [0.15, 0.2) is 36.4 Å².